The van der Waals surface area contributed by atoms with Crippen molar-refractivity contribution in [3.8, 4) is 0 Å². The lowest BCUT2D eigenvalue weighted by Crippen LogP contribution is -2.52. The van der Waals surface area contributed by atoms with Crippen molar-refractivity contribution >= 4 is 29.2 Å². The van der Waals surface area contributed by atoms with E-state index in [2.05, 4.69) is 5.32 Å². The largest absolute Gasteiger partial charge is 0.480 e. The monoisotopic (exact) mass is 456 g/mol. The van der Waals surface area contributed by atoms with Crippen molar-refractivity contribution in [2.24, 2.45) is 11.1 Å². The summed E-state index contributed by atoms with van der Waals surface area (Å²) in [5, 5.41) is 13.3. The summed E-state index contributed by atoms with van der Waals surface area (Å²) >= 11 is 12.0. The Bertz CT molecular complexity index is 960. The van der Waals surface area contributed by atoms with Crippen molar-refractivity contribution in [1.29, 1.82) is 0 Å². The summed E-state index contributed by atoms with van der Waals surface area (Å²) in [7, 11) is 0. The third-order valence-electron chi connectivity index (χ3n) is 5.53. The maximum Gasteiger partial charge on any atom is 0.321 e. The van der Waals surface area contributed by atoms with Crippen molar-refractivity contribution in [2.75, 3.05) is 0 Å². The maximum atomic E-state index is 15.1. The second-order valence-corrected chi connectivity index (χ2v) is 9.91. The summed E-state index contributed by atoms with van der Waals surface area (Å²) in [5.74, 6) is -3.42. The smallest absolute Gasteiger partial charge is 0.321 e. The van der Waals surface area contributed by atoms with Crippen molar-refractivity contribution in [2.45, 2.75) is 50.7 Å². The van der Waals surface area contributed by atoms with Gasteiger partial charge in [0.1, 0.15) is 17.7 Å². The zero-order chi connectivity index (χ0) is 22.4. The van der Waals surface area contributed by atoms with Crippen LogP contribution < -0.4 is 11.1 Å². The van der Waals surface area contributed by atoms with Crippen LogP contribution in [-0.2, 0) is 10.3 Å². The lowest BCUT2D eigenvalue weighted by atomic mass is 9.68. The summed E-state index contributed by atoms with van der Waals surface area (Å²) < 4.78 is 29.3. The van der Waals surface area contributed by atoms with Crippen LogP contribution in [-0.4, -0.2) is 23.2 Å². The lowest BCUT2D eigenvalue weighted by molar-refractivity contribution is -0.139. The second kappa shape index (κ2) is 8.08. The number of carboxylic acid groups (broad SMARTS) is 1. The third-order valence-corrected chi connectivity index (χ3v) is 5.98. The number of nitrogens with one attached hydrogen (secondary N) is 1. The highest BCUT2D eigenvalue weighted by Crippen LogP contribution is 2.49. The fourth-order valence-corrected chi connectivity index (χ4v) is 4.81. The zero-order valence-corrected chi connectivity index (χ0v) is 18.4. The van der Waals surface area contributed by atoms with Gasteiger partial charge in [-0.2, -0.15) is 0 Å². The molecular formula is C22H24Cl2F2N2O2. The van der Waals surface area contributed by atoms with Gasteiger partial charge in [0, 0.05) is 27.6 Å². The SMILES string of the molecule is CC(C)(C)C[C@@H]1N[C@@H](C(=O)O)[C@H](c2cc(F)cc(Cl)c2)[C@@]1(N)c1ccc(Cl)cc1F. The van der Waals surface area contributed by atoms with Gasteiger partial charge >= 0.3 is 5.97 Å². The molecule has 2 aromatic rings. The number of carbonyl (C=O) groups is 1. The van der Waals surface area contributed by atoms with E-state index in [1.54, 1.807) is 0 Å². The Morgan fingerprint density at radius 2 is 1.83 bits per heavy atom. The number of nitrogens with two attached hydrogens (primary N) is 1. The molecule has 2 aromatic carbocycles. The van der Waals surface area contributed by atoms with E-state index in [4.69, 9.17) is 28.9 Å². The van der Waals surface area contributed by atoms with Crippen molar-refractivity contribution in [3.63, 3.8) is 0 Å². The van der Waals surface area contributed by atoms with Gasteiger partial charge in [-0.25, -0.2) is 8.78 Å². The summed E-state index contributed by atoms with van der Waals surface area (Å²) in [6.07, 6.45) is 0.453. The first-order valence-electron chi connectivity index (χ1n) is 9.52. The standard InChI is InChI=1S/C22H24Cl2F2N2O2/c1-21(2,3)10-17-22(27,15-5-4-12(23)9-16(15)26)18(19(28-17)20(29)30)11-6-13(24)8-14(25)7-11/h4-9,17-19,28H,10,27H2,1-3H3,(H,29,30)/t17-,18-,19+,22+/m0/s1. The van der Waals surface area contributed by atoms with Crippen LogP contribution in [0.15, 0.2) is 36.4 Å². The van der Waals surface area contributed by atoms with E-state index in [0.717, 1.165) is 12.1 Å². The van der Waals surface area contributed by atoms with Gasteiger partial charge in [-0.15, -0.1) is 0 Å². The summed E-state index contributed by atoms with van der Waals surface area (Å²) in [6, 6.07) is 6.13. The fraction of sp³-hybridized carbons (Fsp3) is 0.409. The normalized spacial score (nSPS) is 26.7. The number of hydrogen-bond acceptors (Lipinski definition) is 3. The molecule has 1 aliphatic rings. The first kappa shape index (κ1) is 22.9. The van der Waals surface area contributed by atoms with Crippen LogP contribution in [0.3, 0.4) is 0 Å². The van der Waals surface area contributed by atoms with Gasteiger partial charge in [0.05, 0.1) is 5.54 Å². The molecule has 0 spiro atoms. The average molecular weight is 457 g/mol. The molecule has 4 nitrogen and oxygen atoms in total. The first-order chi connectivity index (χ1) is 13.8. The molecule has 0 radical (unpaired) electrons. The van der Waals surface area contributed by atoms with Crippen LogP contribution in [0.2, 0.25) is 10.0 Å². The molecule has 4 N–H and O–H groups in total. The molecule has 30 heavy (non-hydrogen) atoms. The number of benzene rings is 2. The third kappa shape index (κ3) is 4.33. The molecule has 1 aliphatic heterocycles. The predicted molar refractivity (Wildman–Crippen MR) is 114 cm³/mol. The van der Waals surface area contributed by atoms with Gasteiger partial charge in [-0.1, -0.05) is 50.0 Å². The Morgan fingerprint density at radius 3 is 2.37 bits per heavy atom. The molecule has 0 unspecified atom stereocenters. The minimum Gasteiger partial charge on any atom is -0.480 e. The minimum atomic E-state index is -1.50. The Balaban J connectivity index is 2.28. The average Bonchev–Trinajstić information content (AvgIpc) is 2.86. The number of rotatable bonds is 4. The first-order valence-corrected chi connectivity index (χ1v) is 10.3. The summed E-state index contributed by atoms with van der Waals surface area (Å²) in [6.45, 7) is 5.94. The van der Waals surface area contributed by atoms with Crippen LogP contribution >= 0.6 is 23.2 Å². The Morgan fingerprint density at radius 1 is 1.17 bits per heavy atom. The topological polar surface area (TPSA) is 75.3 Å². The van der Waals surface area contributed by atoms with Gasteiger partial charge in [0.25, 0.3) is 0 Å². The minimum absolute atomic E-state index is 0.104. The van der Waals surface area contributed by atoms with Gasteiger partial charge in [0.2, 0.25) is 0 Å². The number of carboxylic acids is 1. The van der Waals surface area contributed by atoms with Crippen LogP contribution in [0, 0.1) is 17.0 Å². The van der Waals surface area contributed by atoms with E-state index in [0.29, 0.717) is 6.42 Å². The van der Waals surface area contributed by atoms with E-state index in [9.17, 15) is 14.3 Å². The molecule has 4 atom stereocenters. The molecule has 162 valence electrons. The van der Waals surface area contributed by atoms with Gasteiger partial charge < -0.3 is 10.8 Å². The fourth-order valence-electron chi connectivity index (χ4n) is 4.42. The number of halogens is 4. The molecule has 1 fully saturated rings. The van der Waals surface area contributed by atoms with E-state index in [1.165, 1.54) is 24.3 Å². The molecule has 0 amide bonds. The Hall–Kier alpha value is -1.73. The zero-order valence-electron chi connectivity index (χ0n) is 16.8. The van der Waals surface area contributed by atoms with E-state index >= 15 is 4.39 Å². The molecule has 0 aromatic heterocycles. The molecule has 0 bridgehead atoms. The molecule has 3 rings (SSSR count). The molecule has 1 saturated heterocycles. The predicted octanol–water partition coefficient (Wildman–Crippen LogP) is 5.07. The van der Waals surface area contributed by atoms with Crippen LogP contribution in [0.5, 0.6) is 0 Å². The second-order valence-electron chi connectivity index (χ2n) is 9.04. The summed E-state index contributed by atoms with van der Waals surface area (Å²) in [5.41, 5.74) is 5.57. The molecule has 0 aliphatic carbocycles. The van der Waals surface area contributed by atoms with E-state index < -0.39 is 41.1 Å². The lowest BCUT2D eigenvalue weighted by Gasteiger charge is -2.39. The highest BCUT2D eigenvalue weighted by Gasteiger charge is 2.58. The molecule has 1 heterocycles. The maximum absolute atomic E-state index is 15.1. The quantitative estimate of drug-likeness (QED) is 0.599. The molecular weight excluding hydrogens is 433 g/mol. The Kier molecular flexibility index (Phi) is 6.18. The summed E-state index contributed by atoms with van der Waals surface area (Å²) in [4.78, 5) is 12.2. The highest BCUT2D eigenvalue weighted by atomic mass is 35.5. The molecule has 8 heteroatoms. The van der Waals surface area contributed by atoms with E-state index in [1.807, 2.05) is 20.8 Å². The van der Waals surface area contributed by atoms with E-state index in [-0.39, 0.29) is 26.6 Å². The molecule has 0 saturated carbocycles. The highest BCUT2D eigenvalue weighted by molar-refractivity contribution is 6.30. The van der Waals surface area contributed by atoms with Gasteiger partial charge in [-0.3, -0.25) is 10.1 Å². The van der Waals surface area contributed by atoms with Gasteiger partial charge in [-0.05, 0) is 47.7 Å². The number of aliphatic carboxylic acids is 1. The van der Waals surface area contributed by atoms with Crippen LogP contribution in [0.4, 0.5) is 8.78 Å². The van der Waals surface area contributed by atoms with Crippen molar-refractivity contribution < 1.29 is 18.7 Å². The van der Waals surface area contributed by atoms with Crippen LogP contribution in [0.25, 0.3) is 0 Å². The van der Waals surface area contributed by atoms with Gasteiger partial charge in [0.15, 0.2) is 0 Å². The number of hydrogen-bond donors (Lipinski definition) is 3. The van der Waals surface area contributed by atoms with Crippen molar-refractivity contribution in [3.05, 3.63) is 69.2 Å². The van der Waals surface area contributed by atoms with Crippen LogP contribution in [0.1, 0.15) is 44.2 Å². The van der Waals surface area contributed by atoms with Crippen molar-refractivity contribution in [1.82, 2.24) is 5.32 Å². The Labute approximate surface area is 184 Å².